The molecule has 3 aromatic rings. The number of amides is 1. The molecule has 5 rings (SSSR count). The molecule has 2 aliphatic rings. The van der Waals surface area contributed by atoms with Crippen molar-refractivity contribution >= 4 is 44.6 Å². The highest BCUT2D eigenvalue weighted by molar-refractivity contribution is 7.18. The fraction of sp³-hybridized carbons (Fsp3) is 0.500. The van der Waals surface area contributed by atoms with E-state index in [9.17, 15) is 4.79 Å². The van der Waals surface area contributed by atoms with Crippen molar-refractivity contribution in [2.24, 2.45) is 0 Å². The van der Waals surface area contributed by atoms with Crippen molar-refractivity contribution in [2.45, 2.75) is 20.4 Å². The van der Waals surface area contributed by atoms with E-state index in [1.807, 2.05) is 22.4 Å². The molecule has 2 saturated heterocycles. The largest absolute Gasteiger partial charge is 0.379 e. The number of ether oxygens (including phenoxy) is 1. The zero-order valence-corrected chi connectivity index (χ0v) is 19.6. The summed E-state index contributed by atoms with van der Waals surface area (Å²) < 4.78 is 5.48. The number of rotatable bonds is 4. The summed E-state index contributed by atoms with van der Waals surface area (Å²) in [6, 6.07) is 3.84. The molecular weight excluding hydrogens is 430 g/mol. The molecule has 0 spiro atoms. The van der Waals surface area contributed by atoms with Gasteiger partial charge in [-0.25, -0.2) is 9.97 Å². The van der Waals surface area contributed by atoms with Crippen molar-refractivity contribution in [1.29, 1.82) is 0 Å². The van der Waals surface area contributed by atoms with Gasteiger partial charge in [0.2, 0.25) is 0 Å². The third-order valence-corrected chi connectivity index (χ3v) is 8.08. The van der Waals surface area contributed by atoms with E-state index in [1.54, 1.807) is 11.3 Å². The molecule has 2 aliphatic heterocycles. The van der Waals surface area contributed by atoms with E-state index in [0.29, 0.717) is 13.1 Å². The van der Waals surface area contributed by atoms with Crippen LogP contribution in [-0.2, 0) is 11.3 Å². The summed E-state index contributed by atoms with van der Waals surface area (Å²) in [5.41, 5.74) is 1.27. The number of fused-ring (bicyclic) bond motifs is 1. The quantitative estimate of drug-likeness (QED) is 0.600. The summed E-state index contributed by atoms with van der Waals surface area (Å²) in [5.74, 6) is 2.04. The van der Waals surface area contributed by atoms with Gasteiger partial charge in [0.05, 0.1) is 30.0 Å². The maximum atomic E-state index is 12.7. The average Bonchev–Trinajstić information content (AvgIpc) is 3.42. The first kappa shape index (κ1) is 20.8. The molecule has 5 heterocycles. The Kier molecular flexibility index (Phi) is 5.92. The minimum absolute atomic E-state index is 0.137. The second-order valence-electron chi connectivity index (χ2n) is 8.07. The highest BCUT2D eigenvalue weighted by Gasteiger charge is 2.26. The molecule has 2 fully saturated rings. The molecule has 0 unspecified atom stereocenters. The Morgan fingerprint density at radius 2 is 1.87 bits per heavy atom. The minimum Gasteiger partial charge on any atom is -0.379 e. The van der Waals surface area contributed by atoms with E-state index in [-0.39, 0.29) is 5.91 Å². The third kappa shape index (κ3) is 4.19. The lowest BCUT2D eigenvalue weighted by Crippen LogP contribution is -2.49. The van der Waals surface area contributed by atoms with E-state index in [4.69, 9.17) is 14.7 Å². The average molecular weight is 458 g/mol. The molecule has 164 valence electrons. The van der Waals surface area contributed by atoms with Crippen LogP contribution in [-0.4, -0.2) is 78.2 Å². The molecule has 9 heteroatoms. The molecule has 0 aliphatic carbocycles. The number of nitrogens with zero attached hydrogens (tertiary/aromatic N) is 5. The number of carbonyl (C=O) groups is 1. The fourth-order valence-electron chi connectivity index (χ4n) is 4.21. The molecule has 0 N–H and O–H groups in total. The molecular formula is C22H27N5O2S2. The van der Waals surface area contributed by atoms with Crippen LogP contribution in [0.1, 0.15) is 25.9 Å². The fourth-order valence-corrected chi connectivity index (χ4v) is 5.94. The van der Waals surface area contributed by atoms with Crippen LogP contribution in [0.25, 0.3) is 10.2 Å². The van der Waals surface area contributed by atoms with Crippen LogP contribution in [0.4, 0.5) is 5.82 Å². The van der Waals surface area contributed by atoms with Gasteiger partial charge in [0, 0.05) is 44.1 Å². The van der Waals surface area contributed by atoms with Crippen molar-refractivity contribution in [3.8, 4) is 0 Å². The van der Waals surface area contributed by atoms with Crippen LogP contribution < -0.4 is 4.90 Å². The highest BCUT2D eigenvalue weighted by Crippen LogP contribution is 2.35. The second kappa shape index (κ2) is 8.82. The maximum absolute atomic E-state index is 12.7. The zero-order chi connectivity index (χ0) is 21.4. The number of morpholine rings is 1. The first-order chi connectivity index (χ1) is 15.1. The number of thiophene rings is 2. The standard InChI is InChI=1S/C22H27N5O2S2/c1-15-16(2)31-21-19(15)20(23-18(24-21)14-25-9-11-29-12-10-25)26-5-7-27(8-6-26)22(28)17-4-3-13-30-17/h3-4,13H,5-12,14H2,1-2H3. The highest BCUT2D eigenvalue weighted by atomic mass is 32.1. The van der Waals surface area contributed by atoms with E-state index < -0.39 is 0 Å². The lowest BCUT2D eigenvalue weighted by atomic mass is 10.2. The van der Waals surface area contributed by atoms with Crippen LogP contribution in [0.2, 0.25) is 0 Å². The van der Waals surface area contributed by atoms with E-state index in [0.717, 1.165) is 67.3 Å². The Balaban J connectivity index is 1.39. The number of aromatic nitrogens is 2. The monoisotopic (exact) mass is 457 g/mol. The molecule has 1 amide bonds. The predicted octanol–water partition coefficient (Wildman–Crippen LogP) is 3.16. The Labute approximate surface area is 190 Å². The van der Waals surface area contributed by atoms with Gasteiger partial charge >= 0.3 is 0 Å². The Morgan fingerprint density at radius 3 is 2.58 bits per heavy atom. The van der Waals surface area contributed by atoms with Crippen molar-refractivity contribution in [2.75, 3.05) is 57.4 Å². The molecule has 0 radical (unpaired) electrons. The minimum atomic E-state index is 0.137. The van der Waals surface area contributed by atoms with Gasteiger partial charge in [-0.3, -0.25) is 9.69 Å². The zero-order valence-electron chi connectivity index (χ0n) is 18.0. The van der Waals surface area contributed by atoms with Gasteiger partial charge in [-0.05, 0) is 30.9 Å². The Bertz CT molecular complexity index is 1070. The van der Waals surface area contributed by atoms with Crippen LogP contribution in [0.15, 0.2) is 17.5 Å². The van der Waals surface area contributed by atoms with Gasteiger partial charge in [-0.1, -0.05) is 6.07 Å². The van der Waals surface area contributed by atoms with Gasteiger partial charge in [0.15, 0.2) is 0 Å². The first-order valence-electron chi connectivity index (χ1n) is 10.7. The van der Waals surface area contributed by atoms with E-state index in [2.05, 4.69) is 23.6 Å². The van der Waals surface area contributed by atoms with Crippen molar-refractivity contribution in [3.05, 3.63) is 38.7 Å². The Morgan fingerprint density at radius 1 is 1.10 bits per heavy atom. The summed E-state index contributed by atoms with van der Waals surface area (Å²) in [6.07, 6.45) is 0. The second-order valence-corrected chi connectivity index (χ2v) is 10.2. The smallest absolute Gasteiger partial charge is 0.264 e. The topological polar surface area (TPSA) is 61.8 Å². The third-order valence-electron chi connectivity index (χ3n) is 6.12. The molecule has 0 saturated carbocycles. The predicted molar refractivity (Wildman–Crippen MR) is 125 cm³/mol. The van der Waals surface area contributed by atoms with Gasteiger partial charge < -0.3 is 14.5 Å². The maximum Gasteiger partial charge on any atom is 0.264 e. The van der Waals surface area contributed by atoms with E-state index in [1.165, 1.54) is 27.2 Å². The summed E-state index contributed by atoms with van der Waals surface area (Å²) in [5, 5.41) is 3.13. The lowest BCUT2D eigenvalue weighted by molar-refractivity contribution is 0.0331. The number of anilines is 1. The summed E-state index contributed by atoms with van der Waals surface area (Å²) in [6.45, 7) is 11.4. The van der Waals surface area contributed by atoms with Crippen LogP contribution in [0.3, 0.4) is 0 Å². The van der Waals surface area contributed by atoms with Crippen LogP contribution in [0, 0.1) is 13.8 Å². The summed E-state index contributed by atoms with van der Waals surface area (Å²) >= 11 is 3.26. The molecule has 3 aromatic heterocycles. The van der Waals surface area contributed by atoms with Crippen LogP contribution in [0.5, 0.6) is 0 Å². The van der Waals surface area contributed by atoms with Crippen molar-refractivity contribution < 1.29 is 9.53 Å². The first-order valence-corrected chi connectivity index (χ1v) is 12.4. The van der Waals surface area contributed by atoms with Crippen molar-refractivity contribution in [3.63, 3.8) is 0 Å². The molecule has 7 nitrogen and oxygen atoms in total. The van der Waals surface area contributed by atoms with E-state index >= 15 is 0 Å². The van der Waals surface area contributed by atoms with Gasteiger partial charge in [-0.2, -0.15) is 0 Å². The van der Waals surface area contributed by atoms with Gasteiger partial charge in [0.1, 0.15) is 16.5 Å². The number of hydrogen-bond acceptors (Lipinski definition) is 8. The van der Waals surface area contributed by atoms with Crippen molar-refractivity contribution in [1.82, 2.24) is 19.8 Å². The number of piperazine rings is 1. The summed E-state index contributed by atoms with van der Waals surface area (Å²) in [4.78, 5) is 32.5. The number of hydrogen-bond donors (Lipinski definition) is 0. The van der Waals surface area contributed by atoms with Gasteiger partial charge in [0.25, 0.3) is 5.91 Å². The molecule has 31 heavy (non-hydrogen) atoms. The number of carbonyl (C=O) groups excluding carboxylic acids is 1. The molecule has 0 aromatic carbocycles. The normalized spacial score (nSPS) is 18.1. The summed E-state index contributed by atoms with van der Waals surface area (Å²) in [7, 11) is 0. The lowest BCUT2D eigenvalue weighted by Gasteiger charge is -2.36. The van der Waals surface area contributed by atoms with Gasteiger partial charge in [-0.15, -0.1) is 22.7 Å². The van der Waals surface area contributed by atoms with Crippen LogP contribution >= 0.6 is 22.7 Å². The Hall–Kier alpha value is -2.07. The SMILES string of the molecule is Cc1sc2nc(CN3CCOCC3)nc(N3CCN(C(=O)c4cccs4)CC3)c2c1C. The molecule has 0 bridgehead atoms. The molecule has 0 atom stereocenters. The number of aryl methyl sites for hydroxylation is 2.